The Kier molecular flexibility index (Phi) is 7.21. The first-order valence-corrected chi connectivity index (χ1v) is 7.09. The molecule has 0 amide bonds. The van der Waals surface area contributed by atoms with Crippen LogP contribution in [0.1, 0.15) is 31.4 Å². The Labute approximate surface area is 120 Å². The molecule has 0 radical (unpaired) electrons. The van der Waals surface area contributed by atoms with E-state index in [1.54, 1.807) is 0 Å². The Hall–Kier alpha value is -0.770. The summed E-state index contributed by atoms with van der Waals surface area (Å²) in [4.78, 5) is 0. The Morgan fingerprint density at radius 3 is 2.05 bits per heavy atom. The number of rotatable bonds is 8. The summed E-state index contributed by atoms with van der Waals surface area (Å²) in [6, 6.07) is 3.82. The number of hydrogen-bond donors (Lipinski definition) is 0. The third kappa shape index (κ3) is 5.39. The van der Waals surface area contributed by atoms with Crippen molar-refractivity contribution in [3.63, 3.8) is 0 Å². The van der Waals surface area contributed by atoms with E-state index in [9.17, 15) is 0 Å². The maximum absolute atomic E-state index is 5.99. The van der Waals surface area contributed by atoms with Gasteiger partial charge in [-0.05, 0) is 51.0 Å². The zero-order valence-electron chi connectivity index (χ0n) is 12.2. The van der Waals surface area contributed by atoms with Crippen molar-refractivity contribution < 1.29 is 14.2 Å². The highest BCUT2D eigenvalue weighted by atomic mass is 35.5. The largest absolute Gasteiger partial charge is 0.493 e. The van der Waals surface area contributed by atoms with Crippen molar-refractivity contribution in [2.75, 3.05) is 19.8 Å². The standard InChI is InChI=1S/C15H23ClO3/c1-5-17-14(18-6-2)7-8-19-15-11(3)9-13(16)10-12(15)4/h9-10,14H,5-8H2,1-4H3. The molecule has 4 heteroatoms. The predicted molar refractivity (Wildman–Crippen MR) is 78.1 cm³/mol. The van der Waals surface area contributed by atoms with E-state index >= 15 is 0 Å². The minimum Gasteiger partial charge on any atom is -0.493 e. The Bertz CT molecular complexity index is 364. The fraction of sp³-hybridized carbons (Fsp3) is 0.600. The van der Waals surface area contributed by atoms with Crippen LogP contribution in [-0.2, 0) is 9.47 Å². The first-order chi connectivity index (χ1) is 9.08. The zero-order valence-corrected chi connectivity index (χ0v) is 12.9. The molecule has 0 atom stereocenters. The SMILES string of the molecule is CCOC(CCOc1c(C)cc(Cl)cc1C)OCC. The number of aryl methyl sites for hydroxylation is 2. The lowest BCUT2D eigenvalue weighted by Crippen LogP contribution is -2.20. The summed E-state index contributed by atoms with van der Waals surface area (Å²) in [7, 11) is 0. The van der Waals surface area contributed by atoms with Crippen molar-refractivity contribution in [2.24, 2.45) is 0 Å². The summed E-state index contributed by atoms with van der Waals surface area (Å²) >= 11 is 5.99. The molecular weight excluding hydrogens is 264 g/mol. The van der Waals surface area contributed by atoms with Crippen molar-refractivity contribution in [2.45, 2.75) is 40.4 Å². The van der Waals surface area contributed by atoms with Gasteiger partial charge in [-0.25, -0.2) is 0 Å². The molecule has 1 rings (SSSR count). The normalized spacial score (nSPS) is 11.1. The highest BCUT2D eigenvalue weighted by Crippen LogP contribution is 2.27. The van der Waals surface area contributed by atoms with Crippen LogP contribution in [0, 0.1) is 13.8 Å². The summed E-state index contributed by atoms with van der Waals surface area (Å²) < 4.78 is 16.8. The van der Waals surface area contributed by atoms with Crippen LogP contribution in [0.2, 0.25) is 5.02 Å². The number of ether oxygens (including phenoxy) is 3. The Balaban J connectivity index is 2.52. The van der Waals surface area contributed by atoms with Gasteiger partial charge < -0.3 is 14.2 Å². The van der Waals surface area contributed by atoms with Crippen LogP contribution >= 0.6 is 11.6 Å². The first kappa shape index (κ1) is 16.3. The van der Waals surface area contributed by atoms with Crippen LogP contribution in [-0.4, -0.2) is 26.1 Å². The van der Waals surface area contributed by atoms with E-state index in [-0.39, 0.29) is 6.29 Å². The molecule has 0 aromatic heterocycles. The van der Waals surface area contributed by atoms with E-state index in [1.165, 1.54) is 0 Å². The fourth-order valence-electron chi connectivity index (χ4n) is 1.97. The van der Waals surface area contributed by atoms with Crippen LogP contribution in [0.15, 0.2) is 12.1 Å². The van der Waals surface area contributed by atoms with Crippen LogP contribution in [0.25, 0.3) is 0 Å². The van der Waals surface area contributed by atoms with Gasteiger partial charge in [-0.1, -0.05) is 11.6 Å². The maximum Gasteiger partial charge on any atom is 0.160 e. The van der Waals surface area contributed by atoms with Gasteiger partial charge in [0.05, 0.1) is 6.61 Å². The fourth-order valence-corrected chi connectivity index (χ4v) is 2.30. The van der Waals surface area contributed by atoms with Gasteiger partial charge in [-0.2, -0.15) is 0 Å². The lowest BCUT2D eigenvalue weighted by Gasteiger charge is -2.18. The van der Waals surface area contributed by atoms with Crippen molar-refractivity contribution >= 4 is 11.6 Å². The Morgan fingerprint density at radius 1 is 1.05 bits per heavy atom. The van der Waals surface area contributed by atoms with Crippen LogP contribution < -0.4 is 4.74 Å². The van der Waals surface area contributed by atoms with Gasteiger partial charge in [0.2, 0.25) is 0 Å². The van der Waals surface area contributed by atoms with Crippen molar-refractivity contribution in [1.82, 2.24) is 0 Å². The summed E-state index contributed by atoms with van der Waals surface area (Å²) in [5.41, 5.74) is 2.10. The van der Waals surface area contributed by atoms with Crippen molar-refractivity contribution in [1.29, 1.82) is 0 Å². The molecule has 0 N–H and O–H groups in total. The smallest absolute Gasteiger partial charge is 0.160 e. The number of benzene rings is 1. The number of hydrogen-bond acceptors (Lipinski definition) is 3. The highest BCUT2D eigenvalue weighted by Gasteiger charge is 2.10. The predicted octanol–water partition coefficient (Wildman–Crippen LogP) is 4.12. The van der Waals surface area contributed by atoms with Gasteiger partial charge in [-0.3, -0.25) is 0 Å². The molecule has 0 aliphatic heterocycles. The van der Waals surface area contributed by atoms with Gasteiger partial charge in [0, 0.05) is 24.7 Å². The molecule has 0 saturated heterocycles. The maximum atomic E-state index is 5.99. The van der Waals surface area contributed by atoms with E-state index in [0.717, 1.165) is 21.9 Å². The molecule has 0 aliphatic carbocycles. The lowest BCUT2D eigenvalue weighted by atomic mass is 10.1. The van der Waals surface area contributed by atoms with Crippen molar-refractivity contribution in [3.05, 3.63) is 28.3 Å². The first-order valence-electron chi connectivity index (χ1n) is 6.71. The molecule has 0 bridgehead atoms. The van der Waals surface area contributed by atoms with Gasteiger partial charge in [0.1, 0.15) is 5.75 Å². The molecule has 0 spiro atoms. The lowest BCUT2D eigenvalue weighted by molar-refractivity contribution is -0.142. The van der Waals surface area contributed by atoms with Gasteiger partial charge >= 0.3 is 0 Å². The molecule has 108 valence electrons. The third-order valence-corrected chi connectivity index (χ3v) is 2.95. The Morgan fingerprint density at radius 2 is 1.58 bits per heavy atom. The van der Waals surface area contributed by atoms with E-state index < -0.39 is 0 Å². The van der Waals surface area contributed by atoms with Crippen LogP contribution in [0.3, 0.4) is 0 Å². The average Bonchev–Trinajstić information content (AvgIpc) is 2.32. The molecule has 0 unspecified atom stereocenters. The van der Waals surface area contributed by atoms with Crippen molar-refractivity contribution in [3.8, 4) is 5.75 Å². The van der Waals surface area contributed by atoms with E-state index in [1.807, 2.05) is 39.8 Å². The van der Waals surface area contributed by atoms with E-state index in [4.69, 9.17) is 25.8 Å². The quantitative estimate of drug-likeness (QED) is 0.673. The molecule has 1 aromatic rings. The minimum absolute atomic E-state index is 0.192. The second-order valence-electron chi connectivity index (χ2n) is 4.35. The van der Waals surface area contributed by atoms with Crippen LogP contribution in [0.5, 0.6) is 5.75 Å². The zero-order chi connectivity index (χ0) is 14.3. The molecule has 0 aliphatic rings. The molecule has 3 nitrogen and oxygen atoms in total. The average molecular weight is 287 g/mol. The molecular formula is C15H23ClO3. The summed E-state index contributed by atoms with van der Waals surface area (Å²) in [6.45, 7) is 9.76. The molecule has 0 fully saturated rings. The van der Waals surface area contributed by atoms with Gasteiger partial charge in [0.25, 0.3) is 0 Å². The monoisotopic (exact) mass is 286 g/mol. The molecule has 0 heterocycles. The molecule has 19 heavy (non-hydrogen) atoms. The van der Waals surface area contributed by atoms with Crippen LogP contribution in [0.4, 0.5) is 0 Å². The summed E-state index contributed by atoms with van der Waals surface area (Å²) in [5, 5.41) is 0.740. The molecule has 1 aromatic carbocycles. The molecule has 0 saturated carbocycles. The highest BCUT2D eigenvalue weighted by molar-refractivity contribution is 6.30. The summed E-state index contributed by atoms with van der Waals surface area (Å²) in [5.74, 6) is 0.899. The van der Waals surface area contributed by atoms with E-state index in [2.05, 4.69) is 0 Å². The number of halogens is 1. The van der Waals surface area contributed by atoms with Gasteiger partial charge in [0.15, 0.2) is 6.29 Å². The third-order valence-electron chi connectivity index (χ3n) is 2.73. The second kappa shape index (κ2) is 8.41. The topological polar surface area (TPSA) is 27.7 Å². The van der Waals surface area contributed by atoms with E-state index in [0.29, 0.717) is 26.2 Å². The summed E-state index contributed by atoms with van der Waals surface area (Å²) in [6.07, 6.45) is 0.520. The minimum atomic E-state index is -0.192. The second-order valence-corrected chi connectivity index (χ2v) is 4.78. The van der Waals surface area contributed by atoms with Gasteiger partial charge in [-0.15, -0.1) is 0 Å².